The van der Waals surface area contributed by atoms with Crippen molar-refractivity contribution in [2.45, 2.75) is 20.4 Å². The maximum absolute atomic E-state index is 11.8. The summed E-state index contributed by atoms with van der Waals surface area (Å²) in [5.74, 6) is 0.863. The average molecular weight is 295 g/mol. The van der Waals surface area contributed by atoms with Crippen LogP contribution in [-0.2, 0) is 11.3 Å². The topological polar surface area (TPSA) is 80.0 Å². The monoisotopic (exact) mass is 294 g/mol. The Morgan fingerprint density at radius 2 is 2.20 bits per heavy atom. The molecule has 20 heavy (non-hydrogen) atoms. The van der Waals surface area contributed by atoms with Crippen LogP contribution in [0.15, 0.2) is 22.7 Å². The van der Waals surface area contributed by atoms with Gasteiger partial charge in [-0.15, -0.1) is 0 Å². The zero-order chi connectivity index (χ0) is 14.5. The van der Waals surface area contributed by atoms with Gasteiger partial charge in [0, 0.05) is 10.7 Å². The highest BCUT2D eigenvalue weighted by atomic mass is 35.5. The minimum Gasteiger partial charge on any atom is -0.338 e. The van der Waals surface area contributed by atoms with E-state index in [0.29, 0.717) is 29.0 Å². The Hall–Kier alpha value is -1.92. The number of benzene rings is 1. The van der Waals surface area contributed by atoms with Gasteiger partial charge in [0.05, 0.1) is 13.1 Å². The van der Waals surface area contributed by atoms with Gasteiger partial charge in [0.2, 0.25) is 11.8 Å². The molecule has 0 bridgehead atoms. The fraction of sp³-hybridized carbons (Fsp3) is 0.308. The Morgan fingerprint density at radius 3 is 2.90 bits per heavy atom. The smallest absolute Gasteiger partial charge is 0.240 e. The lowest BCUT2D eigenvalue weighted by Gasteiger charge is -2.08. The second kappa shape index (κ2) is 6.49. The molecule has 2 aromatic rings. The molecule has 0 radical (unpaired) electrons. The van der Waals surface area contributed by atoms with Crippen LogP contribution in [0.3, 0.4) is 0 Å². The minimum absolute atomic E-state index is 0.146. The number of hydrogen-bond donors (Lipinski definition) is 2. The average Bonchev–Trinajstić information content (AvgIpc) is 2.80. The summed E-state index contributed by atoms with van der Waals surface area (Å²) in [6.07, 6.45) is 0. The number of hydrogen-bond acceptors (Lipinski definition) is 5. The van der Waals surface area contributed by atoms with Crippen LogP contribution in [0.1, 0.15) is 17.3 Å². The highest BCUT2D eigenvalue weighted by Gasteiger charge is 2.07. The molecule has 106 valence electrons. The predicted octanol–water partition coefficient (Wildman–Crippen LogP) is 2.07. The lowest BCUT2D eigenvalue weighted by molar-refractivity contribution is -0.115. The molecule has 7 heteroatoms. The summed E-state index contributed by atoms with van der Waals surface area (Å²) in [6.45, 7) is 4.14. The number of halogens is 1. The van der Waals surface area contributed by atoms with Crippen molar-refractivity contribution in [1.29, 1.82) is 0 Å². The van der Waals surface area contributed by atoms with Crippen molar-refractivity contribution in [3.05, 3.63) is 40.5 Å². The lowest BCUT2D eigenvalue weighted by Crippen LogP contribution is -2.28. The van der Waals surface area contributed by atoms with Gasteiger partial charge >= 0.3 is 0 Å². The van der Waals surface area contributed by atoms with Gasteiger partial charge in [-0.3, -0.25) is 10.1 Å². The molecule has 0 saturated heterocycles. The summed E-state index contributed by atoms with van der Waals surface area (Å²) in [7, 11) is 0. The Labute approximate surface area is 121 Å². The van der Waals surface area contributed by atoms with Crippen LogP contribution in [0, 0.1) is 13.8 Å². The van der Waals surface area contributed by atoms with E-state index in [1.165, 1.54) is 0 Å². The van der Waals surface area contributed by atoms with Crippen LogP contribution >= 0.6 is 11.6 Å². The number of nitrogens with zero attached hydrogens (tertiary/aromatic N) is 2. The number of aryl methyl sites for hydroxylation is 2. The van der Waals surface area contributed by atoms with Gasteiger partial charge in [0.25, 0.3) is 0 Å². The molecule has 0 atom stereocenters. The third-order valence-electron chi connectivity index (χ3n) is 2.61. The van der Waals surface area contributed by atoms with E-state index in [0.717, 1.165) is 5.56 Å². The molecule has 0 spiro atoms. The van der Waals surface area contributed by atoms with E-state index in [1.807, 2.05) is 13.0 Å². The molecular weight excluding hydrogens is 280 g/mol. The van der Waals surface area contributed by atoms with Crippen molar-refractivity contribution in [3.63, 3.8) is 0 Å². The number of nitrogens with one attached hydrogen (secondary N) is 2. The SMILES string of the molecule is Cc1noc(CNCC(=O)Nc2cc(Cl)ccc2C)n1. The molecule has 6 nitrogen and oxygen atoms in total. The largest absolute Gasteiger partial charge is 0.338 e. The molecule has 0 aliphatic carbocycles. The maximum atomic E-state index is 11.8. The third kappa shape index (κ3) is 4.04. The molecule has 2 N–H and O–H groups in total. The molecule has 0 aliphatic heterocycles. The number of anilines is 1. The Kier molecular flexibility index (Phi) is 4.70. The highest BCUT2D eigenvalue weighted by molar-refractivity contribution is 6.31. The van der Waals surface area contributed by atoms with E-state index in [9.17, 15) is 4.79 Å². The molecule has 1 amide bonds. The van der Waals surface area contributed by atoms with Crippen LogP contribution in [0.5, 0.6) is 0 Å². The van der Waals surface area contributed by atoms with Crippen molar-refractivity contribution >= 4 is 23.2 Å². The minimum atomic E-state index is -0.161. The van der Waals surface area contributed by atoms with Gasteiger partial charge in [-0.05, 0) is 31.5 Å². The molecular formula is C13H15ClN4O2. The lowest BCUT2D eigenvalue weighted by atomic mass is 10.2. The molecule has 2 rings (SSSR count). The Bertz CT molecular complexity index is 612. The highest BCUT2D eigenvalue weighted by Crippen LogP contribution is 2.19. The summed E-state index contributed by atoms with van der Waals surface area (Å²) in [5.41, 5.74) is 1.66. The fourth-order valence-corrected chi connectivity index (χ4v) is 1.79. The van der Waals surface area contributed by atoms with Gasteiger partial charge in [-0.25, -0.2) is 0 Å². The summed E-state index contributed by atoms with van der Waals surface area (Å²) in [5, 5.41) is 9.96. The summed E-state index contributed by atoms with van der Waals surface area (Å²) in [4.78, 5) is 15.8. The van der Waals surface area contributed by atoms with E-state index < -0.39 is 0 Å². The zero-order valence-corrected chi connectivity index (χ0v) is 12.0. The van der Waals surface area contributed by atoms with Gasteiger partial charge in [-0.1, -0.05) is 22.8 Å². The van der Waals surface area contributed by atoms with Crippen molar-refractivity contribution in [3.8, 4) is 0 Å². The van der Waals surface area contributed by atoms with Crippen LogP contribution in [0.2, 0.25) is 5.02 Å². The fourth-order valence-electron chi connectivity index (χ4n) is 1.62. The van der Waals surface area contributed by atoms with Gasteiger partial charge in [-0.2, -0.15) is 4.98 Å². The first-order valence-electron chi connectivity index (χ1n) is 6.10. The number of carbonyl (C=O) groups excluding carboxylic acids is 1. The quantitative estimate of drug-likeness (QED) is 0.882. The van der Waals surface area contributed by atoms with E-state index in [2.05, 4.69) is 20.8 Å². The number of aromatic nitrogens is 2. The van der Waals surface area contributed by atoms with Crippen molar-refractivity contribution in [1.82, 2.24) is 15.5 Å². The second-order valence-electron chi connectivity index (χ2n) is 4.35. The van der Waals surface area contributed by atoms with E-state index in [-0.39, 0.29) is 12.5 Å². The van der Waals surface area contributed by atoms with Crippen molar-refractivity contribution in [2.75, 3.05) is 11.9 Å². The maximum Gasteiger partial charge on any atom is 0.240 e. The molecule has 1 aromatic carbocycles. The van der Waals surface area contributed by atoms with Gasteiger partial charge in [0.1, 0.15) is 0 Å². The Morgan fingerprint density at radius 1 is 1.40 bits per heavy atom. The molecule has 0 unspecified atom stereocenters. The normalized spacial score (nSPS) is 10.6. The predicted molar refractivity (Wildman–Crippen MR) is 75.6 cm³/mol. The molecule has 0 aliphatic rings. The first-order chi connectivity index (χ1) is 9.54. The molecule has 0 saturated carbocycles. The van der Waals surface area contributed by atoms with E-state index in [1.54, 1.807) is 19.1 Å². The summed E-state index contributed by atoms with van der Waals surface area (Å²) in [6, 6.07) is 5.35. The van der Waals surface area contributed by atoms with Crippen molar-refractivity contribution in [2.24, 2.45) is 0 Å². The number of carbonyl (C=O) groups is 1. The van der Waals surface area contributed by atoms with E-state index in [4.69, 9.17) is 16.1 Å². The third-order valence-corrected chi connectivity index (χ3v) is 2.84. The van der Waals surface area contributed by atoms with Crippen LogP contribution in [-0.4, -0.2) is 22.6 Å². The first kappa shape index (κ1) is 14.5. The van der Waals surface area contributed by atoms with E-state index >= 15 is 0 Å². The molecule has 1 heterocycles. The zero-order valence-electron chi connectivity index (χ0n) is 11.2. The van der Waals surface area contributed by atoms with Crippen LogP contribution in [0.25, 0.3) is 0 Å². The van der Waals surface area contributed by atoms with Gasteiger partial charge < -0.3 is 9.84 Å². The summed E-state index contributed by atoms with van der Waals surface area (Å²) < 4.78 is 4.93. The molecule has 0 fully saturated rings. The second-order valence-corrected chi connectivity index (χ2v) is 4.78. The van der Waals surface area contributed by atoms with Crippen LogP contribution in [0.4, 0.5) is 5.69 Å². The standard InChI is InChI=1S/C13H15ClN4O2/c1-8-3-4-10(14)5-11(8)17-12(19)6-15-7-13-16-9(2)18-20-13/h3-5,15H,6-7H2,1-2H3,(H,17,19). The van der Waals surface area contributed by atoms with Crippen molar-refractivity contribution < 1.29 is 9.32 Å². The number of amides is 1. The summed E-state index contributed by atoms with van der Waals surface area (Å²) >= 11 is 5.89. The number of rotatable bonds is 5. The first-order valence-corrected chi connectivity index (χ1v) is 6.48. The molecule has 1 aromatic heterocycles. The van der Waals surface area contributed by atoms with Crippen LogP contribution < -0.4 is 10.6 Å². The Balaban J connectivity index is 1.82. The van der Waals surface area contributed by atoms with Gasteiger partial charge in [0.15, 0.2) is 5.82 Å².